The summed E-state index contributed by atoms with van der Waals surface area (Å²) in [5.74, 6) is 1.70. The summed E-state index contributed by atoms with van der Waals surface area (Å²) in [6.45, 7) is 12.1. The first kappa shape index (κ1) is 15.0. The third-order valence-electron chi connectivity index (χ3n) is 4.79. The smallest absolute Gasteiger partial charge is 0.00128 e. The molecule has 1 heteroatoms. The lowest BCUT2D eigenvalue weighted by Gasteiger charge is -2.44. The van der Waals surface area contributed by atoms with E-state index >= 15 is 0 Å². The molecule has 0 amide bonds. The molecule has 1 rings (SSSR count). The van der Waals surface area contributed by atoms with Crippen molar-refractivity contribution in [2.45, 2.75) is 72.6 Å². The fourth-order valence-electron chi connectivity index (χ4n) is 3.55. The van der Waals surface area contributed by atoms with Crippen molar-refractivity contribution in [1.29, 1.82) is 0 Å². The fraction of sp³-hybridized carbons (Fsp3) is 1.00. The Hall–Kier alpha value is -0.0400. The highest BCUT2D eigenvalue weighted by Crippen LogP contribution is 2.42. The van der Waals surface area contributed by atoms with Crippen LogP contribution in [0.2, 0.25) is 0 Å². The van der Waals surface area contributed by atoms with Crippen molar-refractivity contribution in [3.05, 3.63) is 0 Å². The Morgan fingerprint density at radius 2 is 1.88 bits per heavy atom. The second-order valence-corrected chi connectivity index (χ2v) is 6.62. The van der Waals surface area contributed by atoms with Gasteiger partial charge >= 0.3 is 0 Å². The molecule has 0 aromatic rings. The molecule has 1 heterocycles. The van der Waals surface area contributed by atoms with Crippen molar-refractivity contribution in [3.8, 4) is 0 Å². The first-order valence-electron chi connectivity index (χ1n) is 7.81. The number of unbranched alkanes of at least 4 members (excludes halogenated alkanes) is 4. The lowest BCUT2D eigenvalue weighted by atomic mass is 9.65. The fourth-order valence-corrected chi connectivity index (χ4v) is 3.55. The van der Waals surface area contributed by atoms with Gasteiger partial charge in [0, 0.05) is 0 Å². The third kappa shape index (κ3) is 4.62. The van der Waals surface area contributed by atoms with Gasteiger partial charge in [-0.15, -0.1) is 0 Å². The Labute approximate surface area is 109 Å². The summed E-state index contributed by atoms with van der Waals surface area (Å²) in [4.78, 5) is 0. The van der Waals surface area contributed by atoms with E-state index in [2.05, 4.69) is 33.0 Å². The number of hydrogen-bond donors (Lipinski definition) is 1. The van der Waals surface area contributed by atoms with E-state index in [9.17, 15) is 0 Å². The minimum atomic E-state index is 0.603. The van der Waals surface area contributed by atoms with E-state index in [1.807, 2.05) is 0 Å². The molecule has 2 unspecified atom stereocenters. The zero-order valence-electron chi connectivity index (χ0n) is 12.5. The van der Waals surface area contributed by atoms with Crippen molar-refractivity contribution < 1.29 is 0 Å². The Balaban J connectivity index is 2.35. The van der Waals surface area contributed by atoms with E-state index in [1.165, 1.54) is 58.0 Å². The molecular weight excluding hydrogens is 206 g/mol. The van der Waals surface area contributed by atoms with Gasteiger partial charge in [-0.05, 0) is 43.2 Å². The van der Waals surface area contributed by atoms with E-state index in [1.54, 1.807) is 0 Å². The number of hydrogen-bond acceptors (Lipinski definition) is 1. The van der Waals surface area contributed by atoms with Gasteiger partial charge in [0.25, 0.3) is 0 Å². The van der Waals surface area contributed by atoms with Gasteiger partial charge < -0.3 is 5.32 Å². The normalized spacial score (nSPS) is 29.8. The third-order valence-corrected chi connectivity index (χ3v) is 4.79. The molecule has 0 spiro atoms. The molecule has 1 aliphatic heterocycles. The molecule has 1 saturated heterocycles. The van der Waals surface area contributed by atoms with Crippen LogP contribution in [0.1, 0.15) is 72.6 Å². The Morgan fingerprint density at radius 3 is 2.53 bits per heavy atom. The van der Waals surface area contributed by atoms with Crippen molar-refractivity contribution in [2.24, 2.45) is 17.3 Å². The lowest BCUT2D eigenvalue weighted by Crippen LogP contribution is -2.45. The predicted octanol–water partition coefficient (Wildman–Crippen LogP) is 4.62. The van der Waals surface area contributed by atoms with Crippen LogP contribution in [-0.4, -0.2) is 13.1 Å². The Kier molecular flexibility index (Phi) is 6.54. The van der Waals surface area contributed by atoms with Crippen LogP contribution in [0.25, 0.3) is 0 Å². The van der Waals surface area contributed by atoms with Crippen molar-refractivity contribution in [1.82, 2.24) is 5.32 Å². The first-order chi connectivity index (χ1) is 8.10. The number of piperidine rings is 1. The molecule has 0 aliphatic carbocycles. The topological polar surface area (TPSA) is 12.0 Å². The second kappa shape index (κ2) is 7.41. The van der Waals surface area contributed by atoms with Gasteiger partial charge in [0.05, 0.1) is 0 Å². The minimum Gasteiger partial charge on any atom is -0.316 e. The summed E-state index contributed by atoms with van der Waals surface area (Å²) in [6.07, 6.45) is 9.94. The second-order valence-electron chi connectivity index (χ2n) is 6.62. The highest BCUT2D eigenvalue weighted by atomic mass is 14.9. The predicted molar refractivity (Wildman–Crippen MR) is 77.3 cm³/mol. The van der Waals surface area contributed by atoms with E-state index in [4.69, 9.17) is 0 Å². The van der Waals surface area contributed by atoms with Crippen LogP contribution in [-0.2, 0) is 0 Å². The first-order valence-corrected chi connectivity index (χ1v) is 7.81. The maximum absolute atomic E-state index is 3.58. The highest BCUT2D eigenvalue weighted by molar-refractivity contribution is 4.89. The molecule has 0 aromatic carbocycles. The van der Waals surface area contributed by atoms with Crippen LogP contribution in [0.5, 0.6) is 0 Å². The standard InChI is InChI=1S/C16H33N/c1-5-6-7-8-9-10-16(4)11-12-17-13-15(16)14(2)3/h14-15,17H,5-13H2,1-4H3. The average Bonchev–Trinajstić information content (AvgIpc) is 2.29. The zero-order valence-corrected chi connectivity index (χ0v) is 12.5. The van der Waals surface area contributed by atoms with Crippen LogP contribution in [0.4, 0.5) is 0 Å². The maximum Gasteiger partial charge on any atom is -0.00128 e. The molecule has 0 bridgehead atoms. The minimum absolute atomic E-state index is 0.603. The molecule has 0 saturated carbocycles. The van der Waals surface area contributed by atoms with Crippen LogP contribution in [0, 0.1) is 17.3 Å². The van der Waals surface area contributed by atoms with Gasteiger partial charge in [0.1, 0.15) is 0 Å². The molecule has 1 nitrogen and oxygen atoms in total. The van der Waals surface area contributed by atoms with Crippen LogP contribution in [0.3, 0.4) is 0 Å². The van der Waals surface area contributed by atoms with Gasteiger partial charge in [-0.2, -0.15) is 0 Å². The van der Waals surface area contributed by atoms with E-state index in [0.29, 0.717) is 5.41 Å². The summed E-state index contributed by atoms with van der Waals surface area (Å²) in [5, 5.41) is 3.58. The SMILES string of the molecule is CCCCCCCC1(C)CCNCC1C(C)C. The molecule has 1 N–H and O–H groups in total. The molecule has 0 aromatic heterocycles. The summed E-state index contributed by atoms with van der Waals surface area (Å²) >= 11 is 0. The lowest BCUT2D eigenvalue weighted by molar-refractivity contribution is 0.0772. The zero-order chi connectivity index (χ0) is 12.7. The van der Waals surface area contributed by atoms with E-state index in [0.717, 1.165) is 11.8 Å². The Bertz CT molecular complexity index is 200. The van der Waals surface area contributed by atoms with Gasteiger partial charge in [-0.25, -0.2) is 0 Å². The average molecular weight is 239 g/mol. The molecular formula is C16H33N. The van der Waals surface area contributed by atoms with Gasteiger partial charge in [-0.1, -0.05) is 59.8 Å². The quantitative estimate of drug-likeness (QED) is 0.639. The van der Waals surface area contributed by atoms with E-state index in [-0.39, 0.29) is 0 Å². The number of nitrogens with one attached hydrogen (secondary N) is 1. The van der Waals surface area contributed by atoms with Crippen LogP contribution >= 0.6 is 0 Å². The van der Waals surface area contributed by atoms with Gasteiger partial charge in [0.2, 0.25) is 0 Å². The summed E-state index contributed by atoms with van der Waals surface area (Å²) in [5.41, 5.74) is 0.603. The molecule has 1 fully saturated rings. The summed E-state index contributed by atoms with van der Waals surface area (Å²) in [6, 6.07) is 0. The summed E-state index contributed by atoms with van der Waals surface area (Å²) in [7, 11) is 0. The van der Waals surface area contributed by atoms with Crippen molar-refractivity contribution >= 4 is 0 Å². The molecule has 17 heavy (non-hydrogen) atoms. The Morgan fingerprint density at radius 1 is 1.18 bits per heavy atom. The maximum atomic E-state index is 3.58. The van der Waals surface area contributed by atoms with Gasteiger partial charge in [-0.3, -0.25) is 0 Å². The highest BCUT2D eigenvalue weighted by Gasteiger charge is 2.37. The molecule has 0 radical (unpaired) electrons. The monoisotopic (exact) mass is 239 g/mol. The van der Waals surface area contributed by atoms with Crippen molar-refractivity contribution in [3.63, 3.8) is 0 Å². The summed E-state index contributed by atoms with van der Waals surface area (Å²) < 4.78 is 0. The van der Waals surface area contributed by atoms with E-state index < -0.39 is 0 Å². The van der Waals surface area contributed by atoms with Gasteiger partial charge in [0.15, 0.2) is 0 Å². The van der Waals surface area contributed by atoms with Crippen LogP contribution < -0.4 is 5.32 Å². The molecule has 1 aliphatic rings. The molecule has 2 atom stereocenters. The number of rotatable bonds is 7. The molecule has 102 valence electrons. The van der Waals surface area contributed by atoms with Crippen molar-refractivity contribution in [2.75, 3.05) is 13.1 Å². The largest absolute Gasteiger partial charge is 0.316 e. The van der Waals surface area contributed by atoms with Crippen LogP contribution in [0.15, 0.2) is 0 Å².